The molecule has 0 radical (unpaired) electrons. The monoisotopic (exact) mass is 289 g/mol. The Morgan fingerprint density at radius 2 is 2.05 bits per heavy atom. The van der Waals surface area contributed by atoms with Gasteiger partial charge in [-0.2, -0.15) is 5.26 Å². The first kappa shape index (κ1) is 14.1. The third-order valence-electron chi connectivity index (χ3n) is 2.54. The lowest BCUT2D eigenvalue weighted by Gasteiger charge is -2.11. The summed E-state index contributed by atoms with van der Waals surface area (Å²) in [6.45, 7) is 4.19. The molecule has 1 aromatic heterocycles. The highest BCUT2D eigenvalue weighted by Gasteiger charge is 2.12. The predicted octanol–water partition coefficient (Wildman–Crippen LogP) is 3.50. The van der Waals surface area contributed by atoms with Gasteiger partial charge in [0.15, 0.2) is 0 Å². The maximum atomic E-state index is 8.80. The van der Waals surface area contributed by atoms with Crippen LogP contribution >= 0.6 is 11.6 Å². The van der Waals surface area contributed by atoms with E-state index >= 15 is 0 Å². The highest BCUT2D eigenvalue weighted by molar-refractivity contribution is 6.32. The molecule has 0 saturated carbocycles. The van der Waals surface area contributed by atoms with Gasteiger partial charge in [0.25, 0.3) is 0 Å². The highest BCUT2D eigenvalue weighted by Crippen LogP contribution is 2.32. The van der Waals surface area contributed by atoms with E-state index in [-0.39, 0.29) is 0 Å². The van der Waals surface area contributed by atoms with E-state index in [1.54, 1.807) is 19.1 Å². The Morgan fingerprint density at radius 3 is 2.70 bits per heavy atom. The minimum absolute atomic E-state index is 0.347. The standard InChI is InChI=1S/C14H12ClN3O2/c1-3-19-13-9(2)14(18-8-17-13)20-12-5-4-10(7-16)6-11(12)15/h4-6,8H,3H2,1-2H3. The molecule has 0 aliphatic heterocycles. The molecular weight excluding hydrogens is 278 g/mol. The maximum absolute atomic E-state index is 8.80. The summed E-state index contributed by atoms with van der Waals surface area (Å²) in [6, 6.07) is 6.80. The van der Waals surface area contributed by atoms with Crippen molar-refractivity contribution in [1.82, 2.24) is 9.97 Å². The lowest BCUT2D eigenvalue weighted by atomic mass is 10.2. The van der Waals surface area contributed by atoms with E-state index in [9.17, 15) is 0 Å². The van der Waals surface area contributed by atoms with E-state index in [0.717, 1.165) is 0 Å². The fourth-order valence-corrected chi connectivity index (χ4v) is 1.78. The molecule has 2 aromatic rings. The van der Waals surface area contributed by atoms with Gasteiger partial charge in [-0.1, -0.05) is 11.6 Å². The maximum Gasteiger partial charge on any atom is 0.229 e. The smallest absolute Gasteiger partial charge is 0.229 e. The van der Waals surface area contributed by atoms with Crippen molar-refractivity contribution in [3.63, 3.8) is 0 Å². The molecule has 6 heteroatoms. The topological polar surface area (TPSA) is 68.0 Å². The van der Waals surface area contributed by atoms with Crippen LogP contribution in [0.3, 0.4) is 0 Å². The number of ether oxygens (including phenoxy) is 2. The molecular formula is C14H12ClN3O2. The molecule has 102 valence electrons. The molecule has 0 spiro atoms. The van der Waals surface area contributed by atoms with Gasteiger partial charge < -0.3 is 9.47 Å². The summed E-state index contributed by atoms with van der Waals surface area (Å²) in [4.78, 5) is 8.09. The normalized spacial score (nSPS) is 9.90. The summed E-state index contributed by atoms with van der Waals surface area (Å²) in [5.41, 5.74) is 1.16. The second kappa shape index (κ2) is 6.22. The van der Waals surface area contributed by atoms with Crippen molar-refractivity contribution in [1.29, 1.82) is 5.26 Å². The van der Waals surface area contributed by atoms with Crippen molar-refractivity contribution >= 4 is 11.6 Å². The number of halogens is 1. The number of nitrogens with zero attached hydrogens (tertiary/aromatic N) is 3. The van der Waals surface area contributed by atoms with Gasteiger partial charge in [-0.25, -0.2) is 9.97 Å². The summed E-state index contributed by atoms with van der Waals surface area (Å²) in [5, 5.41) is 9.14. The summed E-state index contributed by atoms with van der Waals surface area (Å²) in [7, 11) is 0. The molecule has 0 amide bonds. The number of aromatic nitrogens is 2. The molecule has 0 unspecified atom stereocenters. The van der Waals surface area contributed by atoms with Gasteiger partial charge in [0, 0.05) is 0 Å². The van der Waals surface area contributed by atoms with E-state index in [0.29, 0.717) is 40.3 Å². The van der Waals surface area contributed by atoms with Gasteiger partial charge in [0.05, 0.1) is 28.8 Å². The average Bonchev–Trinajstić information content (AvgIpc) is 2.45. The van der Waals surface area contributed by atoms with Crippen molar-refractivity contribution in [2.75, 3.05) is 6.61 Å². The molecule has 0 aliphatic rings. The zero-order valence-corrected chi connectivity index (χ0v) is 11.8. The van der Waals surface area contributed by atoms with Crippen LogP contribution in [0.2, 0.25) is 5.02 Å². The Hall–Kier alpha value is -2.32. The molecule has 20 heavy (non-hydrogen) atoms. The molecule has 0 atom stereocenters. The Kier molecular flexibility index (Phi) is 4.38. The van der Waals surface area contributed by atoms with Crippen LogP contribution in [-0.2, 0) is 0 Å². The third-order valence-corrected chi connectivity index (χ3v) is 2.84. The zero-order chi connectivity index (χ0) is 14.5. The number of nitriles is 1. The van der Waals surface area contributed by atoms with Crippen LogP contribution < -0.4 is 9.47 Å². The summed E-state index contributed by atoms with van der Waals surface area (Å²) in [6.07, 6.45) is 1.37. The highest BCUT2D eigenvalue weighted by atomic mass is 35.5. The minimum atomic E-state index is 0.347. The Morgan fingerprint density at radius 1 is 1.30 bits per heavy atom. The van der Waals surface area contributed by atoms with E-state index < -0.39 is 0 Å². The van der Waals surface area contributed by atoms with E-state index in [2.05, 4.69) is 9.97 Å². The third kappa shape index (κ3) is 2.98. The fraction of sp³-hybridized carbons (Fsp3) is 0.214. The fourth-order valence-electron chi connectivity index (χ4n) is 1.56. The summed E-state index contributed by atoms with van der Waals surface area (Å²) < 4.78 is 11.0. The van der Waals surface area contributed by atoms with Gasteiger partial charge in [0.1, 0.15) is 12.1 Å². The second-order valence-electron chi connectivity index (χ2n) is 3.90. The van der Waals surface area contributed by atoms with Crippen LogP contribution in [0, 0.1) is 18.3 Å². The summed E-state index contributed by atoms with van der Waals surface area (Å²) >= 11 is 6.06. The molecule has 2 rings (SSSR count). The first-order valence-corrected chi connectivity index (χ1v) is 6.35. The lowest BCUT2D eigenvalue weighted by Crippen LogP contribution is -2.00. The first-order chi connectivity index (χ1) is 9.65. The largest absolute Gasteiger partial charge is 0.478 e. The predicted molar refractivity (Wildman–Crippen MR) is 74.2 cm³/mol. The molecule has 0 bridgehead atoms. The second-order valence-corrected chi connectivity index (χ2v) is 4.31. The number of hydrogen-bond acceptors (Lipinski definition) is 5. The molecule has 0 aliphatic carbocycles. The molecule has 1 heterocycles. The van der Waals surface area contributed by atoms with Crippen molar-refractivity contribution in [2.24, 2.45) is 0 Å². The van der Waals surface area contributed by atoms with E-state index in [1.165, 1.54) is 12.4 Å². The van der Waals surface area contributed by atoms with Gasteiger partial charge in [-0.15, -0.1) is 0 Å². The van der Waals surface area contributed by atoms with Crippen molar-refractivity contribution in [3.05, 3.63) is 40.7 Å². The van der Waals surface area contributed by atoms with Crippen molar-refractivity contribution < 1.29 is 9.47 Å². The van der Waals surface area contributed by atoms with Crippen LogP contribution in [0.25, 0.3) is 0 Å². The SMILES string of the molecule is CCOc1ncnc(Oc2ccc(C#N)cc2Cl)c1C. The lowest BCUT2D eigenvalue weighted by molar-refractivity contribution is 0.319. The molecule has 0 N–H and O–H groups in total. The Balaban J connectivity index is 2.31. The van der Waals surface area contributed by atoms with Gasteiger partial charge in [-0.05, 0) is 32.0 Å². The van der Waals surface area contributed by atoms with Gasteiger partial charge in [0.2, 0.25) is 11.8 Å². The summed E-state index contributed by atoms with van der Waals surface area (Å²) in [5.74, 6) is 1.27. The van der Waals surface area contributed by atoms with Crippen LogP contribution in [0.5, 0.6) is 17.5 Å². The zero-order valence-electron chi connectivity index (χ0n) is 11.1. The van der Waals surface area contributed by atoms with Crippen LogP contribution in [-0.4, -0.2) is 16.6 Å². The Labute approximate surface area is 121 Å². The molecule has 0 fully saturated rings. The van der Waals surface area contributed by atoms with E-state index in [4.69, 9.17) is 26.3 Å². The quantitative estimate of drug-likeness (QED) is 0.861. The average molecular weight is 290 g/mol. The van der Waals surface area contributed by atoms with Gasteiger partial charge >= 0.3 is 0 Å². The van der Waals surface area contributed by atoms with Crippen LogP contribution in [0.1, 0.15) is 18.1 Å². The molecule has 5 nitrogen and oxygen atoms in total. The molecule has 0 saturated heterocycles. The Bertz CT molecular complexity index is 668. The molecule has 1 aromatic carbocycles. The number of rotatable bonds is 4. The van der Waals surface area contributed by atoms with Crippen molar-refractivity contribution in [2.45, 2.75) is 13.8 Å². The van der Waals surface area contributed by atoms with Crippen LogP contribution in [0.4, 0.5) is 0 Å². The number of benzene rings is 1. The number of hydrogen-bond donors (Lipinski definition) is 0. The van der Waals surface area contributed by atoms with E-state index in [1.807, 2.05) is 13.0 Å². The first-order valence-electron chi connectivity index (χ1n) is 5.97. The minimum Gasteiger partial charge on any atom is -0.478 e. The van der Waals surface area contributed by atoms with Crippen molar-refractivity contribution in [3.8, 4) is 23.6 Å². The van der Waals surface area contributed by atoms with Crippen LogP contribution in [0.15, 0.2) is 24.5 Å². The van der Waals surface area contributed by atoms with Gasteiger partial charge in [-0.3, -0.25) is 0 Å².